The number of hydrogen-bond acceptors (Lipinski definition) is 3. The Kier molecular flexibility index (Phi) is 4.31. The van der Waals surface area contributed by atoms with Gasteiger partial charge in [-0.15, -0.1) is 0 Å². The fourth-order valence-corrected chi connectivity index (χ4v) is 1.53. The molecule has 4 nitrogen and oxygen atoms in total. The highest BCUT2D eigenvalue weighted by atomic mass is 16.1. The van der Waals surface area contributed by atoms with E-state index < -0.39 is 0 Å². The fourth-order valence-electron chi connectivity index (χ4n) is 1.53. The minimum absolute atomic E-state index is 0.00283. The highest BCUT2D eigenvalue weighted by molar-refractivity contribution is 5.80. The number of amides is 1. The minimum Gasteiger partial charge on any atom is -0.365 e. The van der Waals surface area contributed by atoms with Gasteiger partial charge >= 0.3 is 0 Å². The van der Waals surface area contributed by atoms with Crippen molar-refractivity contribution in [3.05, 3.63) is 29.3 Å². The van der Waals surface area contributed by atoms with E-state index in [0.29, 0.717) is 13.1 Å². The SMILES string of the molecule is CNC(=O)CN(C)c1ccc(CN)c(C)c1. The second-order valence-electron chi connectivity index (χ2n) is 3.84. The lowest BCUT2D eigenvalue weighted by Gasteiger charge is -2.19. The smallest absolute Gasteiger partial charge is 0.239 e. The Labute approximate surface area is 96.4 Å². The van der Waals surface area contributed by atoms with Crippen molar-refractivity contribution >= 4 is 11.6 Å². The van der Waals surface area contributed by atoms with Crippen molar-refractivity contribution in [2.75, 3.05) is 25.5 Å². The zero-order chi connectivity index (χ0) is 12.1. The first kappa shape index (κ1) is 12.5. The molecule has 0 aromatic heterocycles. The standard InChI is InChI=1S/C12H19N3O/c1-9-6-11(5-4-10(9)7-13)15(3)8-12(16)14-2/h4-6H,7-8,13H2,1-3H3,(H,14,16). The number of hydrogen-bond donors (Lipinski definition) is 2. The van der Waals surface area contributed by atoms with E-state index in [1.807, 2.05) is 37.1 Å². The molecule has 0 bridgehead atoms. The average molecular weight is 221 g/mol. The number of nitrogens with one attached hydrogen (secondary N) is 1. The molecule has 3 N–H and O–H groups in total. The van der Waals surface area contributed by atoms with E-state index in [1.54, 1.807) is 7.05 Å². The van der Waals surface area contributed by atoms with Gasteiger partial charge < -0.3 is 16.0 Å². The number of likely N-dealkylation sites (N-methyl/N-ethyl adjacent to an activating group) is 2. The molecule has 0 aliphatic rings. The van der Waals surface area contributed by atoms with E-state index >= 15 is 0 Å². The summed E-state index contributed by atoms with van der Waals surface area (Å²) in [5, 5.41) is 2.60. The Hall–Kier alpha value is -1.55. The highest BCUT2D eigenvalue weighted by Gasteiger charge is 2.06. The molecule has 0 saturated heterocycles. The Balaban J connectivity index is 2.80. The van der Waals surface area contributed by atoms with Crippen molar-refractivity contribution in [2.24, 2.45) is 5.73 Å². The third-order valence-electron chi connectivity index (χ3n) is 2.65. The Morgan fingerprint density at radius 2 is 2.19 bits per heavy atom. The molecule has 0 saturated carbocycles. The molecule has 0 atom stereocenters. The Morgan fingerprint density at radius 3 is 2.69 bits per heavy atom. The molecule has 0 heterocycles. The summed E-state index contributed by atoms with van der Waals surface area (Å²) in [7, 11) is 3.53. The second kappa shape index (κ2) is 5.51. The molecule has 1 aromatic rings. The molecule has 1 aromatic carbocycles. The van der Waals surface area contributed by atoms with Gasteiger partial charge in [-0.2, -0.15) is 0 Å². The summed E-state index contributed by atoms with van der Waals surface area (Å²) in [4.78, 5) is 13.1. The van der Waals surface area contributed by atoms with Gasteiger partial charge in [0.2, 0.25) is 5.91 Å². The van der Waals surface area contributed by atoms with Crippen LogP contribution in [0.1, 0.15) is 11.1 Å². The van der Waals surface area contributed by atoms with E-state index in [-0.39, 0.29) is 5.91 Å². The first-order valence-electron chi connectivity index (χ1n) is 5.29. The third kappa shape index (κ3) is 2.97. The first-order chi connectivity index (χ1) is 7.58. The topological polar surface area (TPSA) is 58.4 Å². The highest BCUT2D eigenvalue weighted by Crippen LogP contribution is 2.17. The fraction of sp³-hybridized carbons (Fsp3) is 0.417. The molecule has 4 heteroatoms. The minimum atomic E-state index is 0.00283. The summed E-state index contributed by atoms with van der Waals surface area (Å²) >= 11 is 0. The normalized spacial score (nSPS) is 10.0. The van der Waals surface area contributed by atoms with Crippen LogP contribution in [-0.4, -0.2) is 26.5 Å². The Morgan fingerprint density at radius 1 is 1.50 bits per heavy atom. The second-order valence-corrected chi connectivity index (χ2v) is 3.84. The molecular formula is C12H19N3O. The van der Waals surface area contributed by atoms with Crippen LogP contribution in [0.25, 0.3) is 0 Å². The zero-order valence-electron chi connectivity index (χ0n) is 10.1. The van der Waals surface area contributed by atoms with Gasteiger partial charge in [-0.05, 0) is 30.2 Å². The maximum absolute atomic E-state index is 11.2. The van der Waals surface area contributed by atoms with Crippen LogP contribution in [0.15, 0.2) is 18.2 Å². The number of anilines is 1. The summed E-state index contributed by atoms with van der Waals surface area (Å²) in [5.41, 5.74) is 8.92. The molecule has 88 valence electrons. The molecule has 1 amide bonds. The van der Waals surface area contributed by atoms with Crippen molar-refractivity contribution < 1.29 is 4.79 Å². The van der Waals surface area contributed by atoms with Gasteiger partial charge in [-0.25, -0.2) is 0 Å². The van der Waals surface area contributed by atoms with Crippen LogP contribution in [0.3, 0.4) is 0 Å². The maximum atomic E-state index is 11.2. The van der Waals surface area contributed by atoms with Crippen LogP contribution in [0.4, 0.5) is 5.69 Å². The van der Waals surface area contributed by atoms with E-state index in [2.05, 4.69) is 5.32 Å². The third-order valence-corrected chi connectivity index (χ3v) is 2.65. The van der Waals surface area contributed by atoms with Crippen LogP contribution in [0, 0.1) is 6.92 Å². The van der Waals surface area contributed by atoms with Gasteiger partial charge in [0.1, 0.15) is 0 Å². The van der Waals surface area contributed by atoms with E-state index in [0.717, 1.165) is 16.8 Å². The van der Waals surface area contributed by atoms with E-state index in [9.17, 15) is 4.79 Å². The molecular weight excluding hydrogens is 202 g/mol. The summed E-state index contributed by atoms with van der Waals surface area (Å²) in [5.74, 6) is 0.00283. The van der Waals surface area contributed by atoms with Gasteiger partial charge in [0, 0.05) is 26.3 Å². The maximum Gasteiger partial charge on any atom is 0.239 e. The van der Waals surface area contributed by atoms with Crippen LogP contribution >= 0.6 is 0 Å². The van der Waals surface area contributed by atoms with E-state index in [1.165, 1.54) is 0 Å². The average Bonchev–Trinajstić information content (AvgIpc) is 2.28. The monoisotopic (exact) mass is 221 g/mol. The van der Waals surface area contributed by atoms with Crippen molar-refractivity contribution in [3.63, 3.8) is 0 Å². The number of rotatable bonds is 4. The summed E-state index contributed by atoms with van der Waals surface area (Å²) in [6.45, 7) is 2.93. The van der Waals surface area contributed by atoms with Crippen molar-refractivity contribution in [1.82, 2.24) is 5.32 Å². The van der Waals surface area contributed by atoms with Gasteiger partial charge in [0.25, 0.3) is 0 Å². The van der Waals surface area contributed by atoms with E-state index in [4.69, 9.17) is 5.73 Å². The molecule has 0 fully saturated rings. The lowest BCUT2D eigenvalue weighted by molar-refractivity contribution is -0.119. The molecule has 1 rings (SSSR count). The molecule has 16 heavy (non-hydrogen) atoms. The van der Waals surface area contributed by atoms with Crippen LogP contribution < -0.4 is 16.0 Å². The molecule has 0 aliphatic heterocycles. The number of benzene rings is 1. The van der Waals surface area contributed by atoms with Crippen molar-refractivity contribution in [3.8, 4) is 0 Å². The number of nitrogens with two attached hydrogens (primary N) is 1. The lowest BCUT2D eigenvalue weighted by atomic mass is 10.1. The van der Waals surface area contributed by atoms with Gasteiger partial charge in [-0.3, -0.25) is 4.79 Å². The molecule has 0 spiro atoms. The van der Waals surface area contributed by atoms with Crippen LogP contribution in [0.5, 0.6) is 0 Å². The number of carbonyl (C=O) groups excluding carboxylic acids is 1. The molecule has 0 aliphatic carbocycles. The predicted octanol–water partition coefficient (Wildman–Crippen LogP) is 0.636. The first-order valence-corrected chi connectivity index (χ1v) is 5.29. The number of nitrogens with zero attached hydrogens (tertiary/aromatic N) is 1. The molecule has 0 radical (unpaired) electrons. The van der Waals surface area contributed by atoms with Crippen LogP contribution in [-0.2, 0) is 11.3 Å². The molecule has 0 unspecified atom stereocenters. The summed E-state index contributed by atoms with van der Waals surface area (Å²) < 4.78 is 0. The van der Waals surface area contributed by atoms with Crippen molar-refractivity contribution in [1.29, 1.82) is 0 Å². The quantitative estimate of drug-likeness (QED) is 0.784. The largest absolute Gasteiger partial charge is 0.365 e. The van der Waals surface area contributed by atoms with Crippen LogP contribution in [0.2, 0.25) is 0 Å². The van der Waals surface area contributed by atoms with Gasteiger partial charge in [0.15, 0.2) is 0 Å². The summed E-state index contributed by atoms with van der Waals surface area (Å²) in [6, 6.07) is 6.04. The van der Waals surface area contributed by atoms with Gasteiger partial charge in [0.05, 0.1) is 6.54 Å². The number of aryl methyl sites for hydroxylation is 1. The lowest BCUT2D eigenvalue weighted by Crippen LogP contribution is -2.32. The Bertz CT molecular complexity index is 377. The predicted molar refractivity (Wildman–Crippen MR) is 66.4 cm³/mol. The zero-order valence-corrected chi connectivity index (χ0v) is 10.1. The van der Waals surface area contributed by atoms with Crippen molar-refractivity contribution in [2.45, 2.75) is 13.5 Å². The summed E-state index contributed by atoms with van der Waals surface area (Å²) in [6.07, 6.45) is 0. The van der Waals surface area contributed by atoms with Gasteiger partial charge in [-0.1, -0.05) is 6.07 Å². The number of carbonyl (C=O) groups is 1.